The molecule has 1 heterocycles. The van der Waals surface area contributed by atoms with E-state index in [9.17, 15) is 9.36 Å². The highest BCUT2D eigenvalue weighted by Gasteiger charge is 2.56. The molecule has 5 atom stereocenters. The number of rotatable bonds is 12. The lowest BCUT2D eigenvalue weighted by molar-refractivity contribution is -0.188. The highest BCUT2D eigenvalue weighted by molar-refractivity contribution is 7.67. The van der Waals surface area contributed by atoms with Gasteiger partial charge >= 0.3 is 5.97 Å². The van der Waals surface area contributed by atoms with E-state index in [4.69, 9.17) is 23.5 Å². The quantitative estimate of drug-likeness (QED) is 0.143. The van der Waals surface area contributed by atoms with E-state index in [-0.39, 0.29) is 19.8 Å². The zero-order valence-electron chi connectivity index (χ0n) is 23.5. The van der Waals surface area contributed by atoms with E-state index >= 15 is 0 Å². The van der Waals surface area contributed by atoms with Crippen molar-refractivity contribution in [3.05, 3.63) is 138 Å². The lowest BCUT2D eigenvalue weighted by atomic mass is 10.1. The molecule has 42 heavy (non-hydrogen) atoms. The minimum atomic E-state index is -3.84. The van der Waals surface area contributed by atoms with Crippen LogP contribution in [0.2, 0.25) is 0 Å². The monoisotopic (exact) mass is 586 g/mol. The predicted molar refractivity (Wildman–Crippen MR) is 160 cm³/mol. The summed E-state index contributed by atoms with van der Waals surface area (Å²) in [4.78, 5) is 12.4. The molecule has 0 unspecified atom stereocenters. The fraction of sp³-hybridized carbons (Fsp3) is 0.265. The molecule has 1 aliphatic rings. The number of ether oxygens (including phenoxy) is 4. The van der Waals surface area contributed by atoms with E-state index in [2.05, 4.69) is 0 Å². The van der Waals surface area contributed by atoms with Crippen LogP contribution in [0.4, 0.5) is 0 Å². The van der Waals surface area contributed by atoms with Crippen molar-refractivity contribution in [1.29, 1.82) is 0 Å². The summed E-state index contributed by atoms with van der Waals surface area (Å²) in [7, 11) is -3.84. The third-order valence-corrected chi connectivity index (χ3v) is 9.64. The molecule has 0 aliphatic carbocycles. The van der Waals surface area contributed by atoms with Crippen LogP contribution in [0.3, 0.4) is 0 Å². The fourth-order valence-electron chi connectivity index (χ4n) is 4.94. The second-order valence-electron chi connectivity index (χ2n) is 10.1. The Bertz CT molecular complexity index is 1430. The van der Waals surface area contributed by atoms with Crippen LogP contribution in [0.1, 0.15) is 23.6 Å². The van der Waals surface area contributed by atoms with Gasteiger partial charge in [-0.2, -0.15) is 0 Å². The number of carbonyl (C=O) groups is 1. The summed E-state index contributed by atoms with van der Waals surface area (Å²) in [6.45, 7) is 2.16. The van der Waals surface area contributed by atoms with Gasteiger partial charge in [0, 0.05) is 12.2 Å². The molecule has 1 fully saturated rings. The van der Waals surface area contributed by atoms with Crippen molar-refractivity contribution in [3.8, 4) is 0 Å². The molecule has 4 aromatic rings. The largest absolute Gasteiger partial charge is 0.449 e. The highest BCUT2D eigenvalue weighted by Crippen LogP contribution is 2.58. The number of carbonyl (C=O) groups excluding carboxylic acids is 1. The molecule has 0 aromatic heterocycles. The molecule has 1 saturated heterocycles. The van der Waals surface area contributed by atoms with Crippen molar-refractivity contribution < 1.29 is 32.8 Å². The topological polar surface area (TPSA) is 80.3 Å². The van der Waals surface area contributed by atoms with E-state index in [1.807, 2.05) is 97.1 Å². The Labute approximate surface area is 246 Å². The van der Waals surface area contributed by atoms with Gasteiger partial charge in [-0.3, -0.25) is 9.36 Å². The summed E-state index contributed by atoms with van der Waals surface area (Å²) in [6, 6.07) is 38.0. The summed E-state index contributed by atoms with van der Waals surface area (Å²) in [5.74, 6) is -1.82. The van der Waals surface area contributed by atoms with Crippen molar-refractivity contribution >= 4 is 18.6 Å². The first-order valence-electron chi connectivity index (χ1n) is 14.0. The van der Waals surface area contributed by atoms with Crippen LogP contribution in [0.25, 0.3) is 0 Å². The van der Waals surface area contributed by atoms with Gasteiger partial charge in [-0.25, -0.2) is 0 Å². The molecule has 0 bridgehead atoms. The summed E-state index contributed by atoms with van der Waals surface area (Å²) in [5, 5.41) is 0.430. The van der Waals surface area contributed by atoms with Crippen molar-refractivity contribution in [1.82, 2.24) is 0 Å². The molecule has 218 valence electrons. The van der Waals surface area contributed by atoms with E-state index in [1.54, 1.807) is 24.3 Å². The van der Waals surface area contributed by atoms with Crippen molar-refractivity contribution in [2.24, 2.45) is 0 Å². The van der Waals surface area contributed by atoms with Crippen LogP contribution in [-0.2, 0) is 52.7 Å². The Morgan fingerprint density at radius 2 is 1.12 bits per heavy atom. The number of hydrogen-bond acceptors (Lipinski definition) is 7. The second-order valence-corrected chi connectivity index (χ2v) is 12.5. The minimum absolute atomic E-state index is 0.0865. The first-order chi connectivity index (χ1) is 20.5. The van der Waals surface area contributed by atoms with Crippen LogP contribution in [-0.4, -0.2) is 36.7 Å². The molecular weight excluding hydrogens is 551 g/mol. The number of benzene rings is 4. The first kappa shape index (κ1) is 29.9. The third kappa shape index (κ3) is 7.62. The molecule has 7 nitrogen and oxygen atoms in total. The van der Waals surface area contributed by atoms with E-state index in [0.29, 0.717) is 11.9 Å². The Morgan fingerprint density at radius 3 is 1.62 bits per heavy atom. The average molecular weight is 587 g/mol. The maximum atomic E-state index is 14.9. The van der Waals surface area contributed by atoms with Gasteiger partial charge in [0.15, 0.2) is 0 Å². The Balaban J connectivity index is 1.50. The van der Waals surface area contributed by atoms with Gasteiger partial charge in [-0.15, -0.1) is 0 Å². The highest BCUT2D eigenvalue weighted by atomic mass is 31.2. The molecule has 0 N–H and O–H groups in total. The standard InChI is InChI=1S/C34H35O7P/c1-26(35)40-34-33(39-24-29-18-10-4-11-19-29)32(38-23-28-16-8-3-9-17-28)31(25-37-22-27-14-6-2-7-15-27)41-42(34,36)30-20-12-5-13-21-30/h2-21,31-34H,22-25H2,1H3/t31-,32-,33+,34+,42+/m1/s1. The zero-order chi connectivity index (χ0) is 29.2. The van der Waals surface area contributed by atoms with E-state index < -0.39 is 37.5 Å². The van der Waals surface area contributed by atoms with Crippen LogP contribution < -0.4 is 5.30 Å². The SMILES string of the molecule is CC(=O)O[C@@H]1[C@@H](OCc2ccccc2)[C@H](OCc2ccccc2)[C@@H](COCc2ccccc2)O[P@@]1(=O)c1ccccc1. The summed E-state index contributed by atoms with van der Waals surface area (Å²) in [6.07, 6.45) is -2.46. The molecule has 8 heteroatoms. The van der Waals surface area contributed by atoms with Crippen LogP contribution >= 0.6 is 7.37 Å². The molecule has 0 amide bonds. The molecular formula is C34H35O7P. The average Bonchev–Trinajstić information content (AvgIpc) is 3.03. The summed E-state index contributed by atoms with van der Waals surface area (Å²) < 4.78 is 46.2. The van der Waals surface area contributed by atoms with Gasteiger partial charge < -0.3 is 23.5 Å². The molecule has 0 radical (unpaired) electrons. The maximum absolute atomic E-state index is 14.9. The Hall–Kier alpha value is -3.58. The van der Waals surface area contributed by atoms with Gasteiger partial charge in [0.2, 0.25) is 5.85 Å². The molecule has 5 rings (SSSR count). The van der Waals surface area contributed by atoms with Gasteiger partial charge in [0.1, 0.15) is 18.3 Å². The van der Waals surface area contributed by atoms with Crippen LogP contribution in [0.5, 0.6) is 0 Å². The third-order valence-electron chi connectivity index (χ3n) is 6.97. The van der Waals surface area contributed by atoms with Crippen molar-refractivity contribution in [2.75, 3.05) is 6.61 Å². The molecule has 0 spiro atoms. The first-order valence-corrected chi connectivity index (χ1v) is 15.7. The van der Waals surface area contributed by atoms with Gasteiger partial charge in [0.05, 0.1) is 26.4 Å². The van der Waals surface area contributed by atoms with Gasteiger partial charge in [-0.1, -0.05) is 109 Å². The molecule has 0 saturated carbocycles. The van der Waals surface area contributed by atoms with E-state index in [0.717, 1.165) is 16.7 Å². The summed E-state index contributed by atoms with van der Waals surface area (Å²) >= 11 is 0. The zero-order valence-corrected chi connectivity index (χ0v) is 24.4. The summed E-state index contributed by atoms with van der Waals surface area (Å²) in [5.41, 5.74) is 2.86. The Morgan fingerprint density at radius 1 is 0.667 bits per heavy atom. The van der Waals surface area contributed by atoms with Gasteiger partial charge in [-0.05, 0) is 28.8 Å². The van der Waals surface area contributed by atoms with Crippen molar-refractivity contribution in [2.45, 2.75) is 50.9 Å². The lowest BCUT2D eigenvalue weighted by Gasteiger charge is -2.45. The van der Waals surface area contributed by atoms with Crippen LogP contribution in [0, 0.1) is 0 Å². The lowest BCUT2D eigenvalue weighted by Crippen LogP contribution is -2.56. The number of esters is 1. The smallest absolute Gasteiger partial charge is 0.303 e. The van der Waals surface area contributed by atoms with Crippen molar-refractivity contribution in [3.63, 3.8) is 0 Å². The normalized spacial score (nSPS) is 23.7. The second kappa shape index (κ2) is 14.5. The predicted octanol–water partition coefficient (Wildman–Crippen LogP) is 6.27. The van der Waals surface area contributed by atoms with Gasteiger partial charge in [0.25, 0.3) is 7.37 Å². The Kier molecular flexibility index (Phi) is 10.4. The minimum Gasteiger partial charge on any atom is -0.449 e. The number of hydrogen-bond donors (Lipinski definition) is 0. The maximum Gasteiger partial charge on any atom is 0.303 e. The van der Waals surface area contributed by atoms with E-state index in [1.165, 1.54) is 6.92 Å². The molecule has 1 aliphatic heterocycles. The fourth-order valence-corrected chi connectivity index (χ4v) is 7.58. The molecule has 4 aromatic carbocycles. The van der Waals surface area contributed by atoms with Crippen LogP contribution in [0.15, 0.2) is 121 Å².